The summed E-state index contributed by atoms with van der Waals surface area (Å²) < 4.78 is 0. The van der Waals surface area contributed by atoms with Gasteiger partial charge in [0.25, 0.3) is 0 Å². The van der Waals surface area contributed by atoms with E-state index in [2.05, 4.69) is 0 Å². The van der Waals surface area contributed by atoms with Crippen molar-refractivity contribution in [3.8, 4) is 0 Å². The first-order valence-electron chi connectivity index (χ1n) is 7.07. The Morgan fingerprint density at radius 3 is 2.46 bits per heavy atom. The third-order valence-corrected chi connectivity index (χ3v) is 5.08. The SMILES string of the molecule is O=C([O-])c1ccccc1S[C@@H]1CC(=O)N(c2ccc(Cl)cc2)C1=O. The minimum absolute atomic E-state index is 0.00712. The van der Waals surface area contributed by atoms with E-state index in [1.54, 1.807) is 42.5 Å². The third-order valence-electron chi connectivity index (χ3n) is 3.57. The Balaban J connectivity index is 1.85. The molecule has 1 heterocycles. The summed E-state index contributed by atoms with van der Waals surface area (Å²) in [5, 5.41) is 11.0. The van der Waals surface area contributed by atoms with Crippen molar-refractivity contribution in [3.63, 3.8) is 0 Å². The summed E-state index contributed by atoms with van der Waals surface area (Å²) in [7, 11) is 0. The van der Waals surface area contributed by atoms with Gasteiger partial charge in [-0.25, -0.2) is 4.90 Å². The van der Waals surface area contributed by atoms with Gasteiger partial charge in [-0.1, -0.05) is 29.8 Å². The molecule has 1 aliphatic heterocycles. The van der Waals surface area contributed by atoms with Gasteiger partial charge >= 0.3 is 0 Å². The van der Waals surface area contributed by atoms with Crippen molar-refractivity contribution >= 4 is 46.8 Å². The standard InChI is InChI=1S/C17H12ClNO4S/c18-10-5-7-11(8-6-10)19-15(20)9-14(16(19)21)24-13-4-2-1-3-12(13)17(22)23/h1-8,14H,9H2,(H,22,23)/p-1/t14-/m1/s1. The normalized spacial score (nSPS) is 17.4. The molecular weight excluding hydrogens is 350 g/mol. The van der Waals surface area contributed by atoms with Gasteiger partial charge in [0, 0.05) is 21.9 Å². The number of hydrogen-bond donors (Lipinski definition) is 0. The van der Waals surface area contributed by atoms with Gasteiger partial charge in [-0.3, -0.25) is 9.59 Å². The number of carbonyl (C=O) groups excluding carboxylic acids is 3. The maximum absolute atomic E-state index is 12.6. The number of nitrogens with zero attached hydrogens (tertiary/aromatic N) is 1. The molecule has 1 atom stereocenters. The molecule has 0 saturated carbocycles. The maximum atomic E-state index is 12.6. The molecule has 0 bridgehead atoms. The number of carboxylic acids is 1. The zero-order chi connectivity index (χ0) is 17.3. The Kier molecular flexibility index (Phi) is 4.59. The Hall–Kier alpha value is -2.31. The number of anilines is 1. The summed E-state index contributed by atoms with van der Waals surface area (Å²) >= 11 is 6.88. The number of benzene rings is 2. The average molecular weight is 361 g/mol. The van der Waals surface area contributed by atoms with E-state index >= 15 is 0 Å². The van der Waals surface area contributed by atoms with E-state index in [-0.39, 0.29) is 23.8 Å². The lowest BCUT2D eigenvalue weighted by atomic mass is 10.2. The van der Waals surface area contributed by atoms with Gasteiger partial charge in [0.05, 0.1) is 16.9 Å². The summed E-state index contributed by atoms with van der Waals surface area (Å²) in [5.41, 5.74) is 0.457. The molecule has 0 unspecified atom stereocenters. The molecule has 2 aromatic carbocycles. The molecular formula is C17H11ClNO4S-. The second-order valence-electron chi connectivity index (χ2n) is 5.14. The molecule has 0 aliphatic carbocycles. The summed E-state index contributed by atoms with van der Waals surface area (Å²) in [6, 6.07) is 12.7. The smallest absolute Gasteiger partial charge is 0.247 e. The molecule has 0 N–H and O–H groups in total. The van der Waals surface area contributed by atoms with E-state index in [1.165, 1.54) is 6.07 Å². The van der Waals surface area contributed by atoms with Crippen LogP contribution in [0.5, 0.6) is 0 Å². The maximum Gasteiger partial charge on any atom is 0.247 e. The van der Waals surface area contributed by atoms with Gasteiger partial charge in [0.2, 0.25) is 11.8 Å². The second-order valence-corrected chi connectivity index (χ2v) is 6.82. The van der Waals surface area contributed by atoms with Crippen LogP contribution in [0.15, 0.2) is 53.4 Å². The fourth-order valence-electron chi connectivity index (χ4n) is 2.45. The van der Waals surface area contributed by atoms with Crippen molar-refractivity contribution in [1.82, 2.24) is 0 Å². The van der Waals surface area contributed by atoms with Gasteiger partial charge in [0.1, 0.15) is 0 Å². The number of amides is 2. The first-order valence-corrected chi connectivity index (χ1v) is 8.32. The quantitative estimate of drug-likeness (QED) is 0.780. The van der Waals surface area contributed by atoms with E-state index in [0.29, 0.717) is 15.6 Å². The topological polar surface area (TPSA) is 77.5 Å². The molecule has 5 nitrogen and oxygen atoms in total. The Bertz CT molecular complexity index is 822. The van der Waals surface area contributed by atoms with Crippen molar-refractivity contribution in [2.75, 3.05) is 4.90 Å². The first kappa shape index (κ1) is 16.5. The molecule has 1 saturated heterocycles. The van der Waals surface area contributed by atoms with Crippen molar-refractivity contribution in [2.45, 2.75) is 16.6 Å². The van der Waals surface area contributed by atoms with Crippen LogP contribution in [-0.4, -0.2) is 23.0 Å². The highest BCUT2D eigenvalue weighted by atomic mass is 35.5. The predicted molar refractivity (Wildman–Crippen MR) is 89.0 cm³/mol. The molecule has 0 aromatic heterocycles. The van der Waals surface area contributed by atoms with Crippen LogP contribution in [0.2, 0.25) is 5.02 Å². The summed E-state index contributed by atoms with van der Waals surface area (Å²) in [4.78, 5) is 37.5. The van der Waals surface area contributed by atoms with Crippen LogP contribution in [0.3, 0.4) is 0 Å². The van der Waals surface area contributed by atoms with E-state index in [4.69, 9.17) is 11.6 Å². The van der Waals surface area contributed by atoms with Crippen molar-refractivity contribution < 1.29 is 19.5 Å². The van der Waals surface area contributed by atoms with Crippen LogP contribution in [0.4, 0.5) is 5.69 Å². The van der Waals surface area contributed by atoms with Gasteiger partial charge in [0.15, 0.2) is 0 Å². The molecule has 122 valence electrons. The fraction of sp³-hybridized carbons (Fsp3) is 0.118. The van der Waals surface area contributed by atoms with E-state index < -0.39 is 11.2 Å². The van der Waals surface area contributed by atoms with Crippen LogP contribution in [0.1, 0.15) is 16.8 Å². The highest BCUT2D eigenvalue weighted by molar-refractivity contribution is 8.00. The number of rotatable bonds is 4. The number of aromatic carboxylic acids is 1. The number of carboxylic acid groups (broad SMARTS) is 1. The van der Waals surface area contributed by atoms with Crippen LogP contribution >= 0.6 is 23.4 Å². The minimum Gasteiger partial charge on any atom is -0.545 e. The zero-order valence-electron chi connectivity index (χ0n) is 12.3. The molecule has 24 heavy (non-hydrogen) atoms. The van der Waals surface area contributed by atoms with Crippen molar-refractivity contribution in [1.29, 1.82) is 0 Å². The summed E-state index contributed by atoms with van der Waals surface area (Å²) in [6.45, 7) is 0. The Labute approximate surface area is 147 Å². The van der Waals surface area contributed by atoms with E-state index in [1.807, 2.05) is 0 Å². The van der Waals surface area contributed by atoms with Gasteiger partial charge < -0.3 is 9.90 Å². The fourth-order valence-corrected chi connectivity index (χ4v) is 3.75. The number of thioether (sulfide) groups is 1. The van der Waals surface area contributed by atoms with Gasteiger partial charge in [-0.2, -0.15) is 0 Å². The molecule has 0 spiro atoms. The first-order chi connectivity index (χ1) is 11.5. The highest BCUT2D eigenvalue weighted by Gasteiger charge is 2.40. The average Bonchev–Trinajstić information content (AvgIpc) is 2.83. The molecule has 2 amide bonds. The second kappa shape index (κ2) is 6.67. The summed E-state index contributed by atoms with van der Waals surface area (Å²) in [6.07, 6.45) is 0.00745. The van der Waals surface area contributed by atoms with Gasteiger partial charge in [-0.15, -0.1) is 11.8 Å². The molecule has 0 radical (unpaired) electrons. The Morgan fingerprint density at radius 1 is 1.12 bits per heavy atom. The molecule has 3 rings (SSSR count). The molecule has 1 aliphatic rings. The third kappa shape index (κ3) is 3.16. The van der Waals surface area contributed by atoms with Crippen LogP contribution in [-0.2, 0) is 9.59 Å². The highest BCUT2D eigenvalue weighted by Crippen LogP contribution is 2.35. The van der Waals surface area contributed by atoms with Crippen LogP contribution in [0, 0.1) is 0 Å². The zero-order valence-corrected chi connectivity index (χ0v) is 13.8. The lowest BCUT2D eigenvalue weighted by Gasteiger charge is -2.16. The van der Waals surface area contributed by atoms with E-state index in [9.17, 15) is 19.5 Å². The van der Waals surface area contributed by atoms with Crippen LogP contribution < -0.4 is 10.0 Å². The number of halogens is 1. The van der Waals surface area contributed by atoms with Gasteiger partial charge in [-0.05, 0) is 30.3 Å². The molecule has 2 aromatic rings. The molecule has 1 fully saturated rings. The van der Waals surface area contributed by atoms with E-state index in [0.717, 1.165) is 16.7 Å². The van der Waals surface area contributed by atoms with Crippen LogP contribution in [0.25, 0.3) is 0 Å². The number of carbonyl (C=O) groups is 3. The molecule has 7 heteroatoms. The largest absolute Gasteiger partial charge is 0.545 e. The van der Waals surface area contributed by atoms with Crippen molar-refractivity contribution in [2.24, 2.45) is 0 Å². The lowest BCUT2D eigenvalue weighted by molar-refractivity contribution is -0.255. The van der Waals surface area contributed by atoms with Crippen molar-refractivity contribution in [3.05, 3.63) is 59.1 Å². The predicted octanol–water partition coefficient (Wildman–Crippen LogP) is 2.13. The lowest BCUT2D eigenvalue weighted by Crippen LogP contribution is -2.31. The number of hydrogen-bond acceptors (Lipinski definition) is 5. The summed E-state index contributed by atoms with van der Waals surface area (Å²) in [5.74, 6) is -2.02. The number of imide groups is 1. The monoisotopic (exact) mass is 360 g/mol. The Morgan fingerprint density at radius 2 is 1.79 bits per heavy atom. The minimum atomic E-state index is -1.32.